The number of rotatable bonds is 2. The third-order valence-electron chi connectivity index (χ3n) is 2.80. The molecule has 0 saturated carbocycles. The smallest absolute Gasteiger partial charge is 0.433 e. The number of hydrogen-bond donors (Lipinski definition) is 1. The molecular formula is C13H16N2O3. The highest BCUT2D eigenvalue weighted by Crippen LogP contribution is 2.35. The Balaban J connectivity index is 2.34. The minimum atomic E-state index is -1.45. The molecule has 2 rings (SSSR count). The number of carbonyl (C=O) groups excluding carboxylic acids is 1. The summed E-state index contributed by atoms with van der Waals surface area (Å²) in [6.07, 6.45) is -0.351. The molecule has 0 spiro atoms. The molecule has 0 fully saturated rings. The van der Waals surface area contributed by atoms with Crippen LogP contribution in [0.1, 0.15) is 25.8 Å². The number of amides is 1. The zero-order chi connectivity index (χ0) is 13.2. The summed E-state index contributed by atoms with van der Waals surface area (Å²) in [6, 6.07) is 9.00. The molecule has 5 heteroatoms. The van der Waals surface area contributed by atoms with E-state index in [0.717, 1.165) is 5.01 Å². The summed E-state index contributed by atoms with van der Waals surface area (Å²) in [4.78, 5) is 11.8. The van der Waals surface area contributed by atoms with Gasteiger partial charge in [0, 0.05) is 17.7 Å². The summed E-state index contributed by atoms with van der Waals surface area (Å²) in [5, 5.41) is 15.8. The molecule has 1 heterocycles. The predicted molar refractivity (Wildman–Crippen MR) is 66.9 cm³/mol. The molecule has 0 saturated heterocycles. The van der Waals surface area contributed by atoms with Gasteiger partial charge in [-0.1, -0.05) is 30.3 Å². The Morgan fingerprint density at radius 2 is 2.17 bits per heavy atom. The van der Waals surface area contributed by atoms with Gasteiger partial charge in [-0.3, -0.25) is 0 Å². The summed E-state index contributed by atoms with van der Waals surface area (Å²) < 4.78 is 4.91. The van der Waals surface area contributed by atoms with Crippen molar-refractivity contribution < 1.29 is 14.6 Å². The molecule has 1 aliphatic rings. The van der Waals surface area contributed by atoms with Crippen molar-refractivity contribution in [3.05, 3.63) is 35.9 Å². The van der Waals surface area contributed by atoms with Gasteiger partial charge in [-0.25, -0.2) is 4.79 Å². The van der Waals surface area contributed by atoms with Crippen LogP contribution in [0.15, 0.2) is 35.4 Å². The summed E-state index contributed by atoms with van der Waals surface area (Å²) in [7, 11) is 0. The zero-order valence-electron chi connectivity index (χ0n) is 10.5. The number of hydrazone groups is 1. The standard InChI is InChI=1S/C13H16N2O3/c1-3-18-12(16)15-13(17,9-10(2)14-15)11-7-5-4-6-8-11/h4-8,17H,3,9H2,1-2H3/t13-/m0/s1. The minimum absolute atomic E-state index is 0.245. The summed E-state index contributed by atoms with van der Waals surface area (Å²) >= 11 is 0. The second-order valence-corrected chi connectivity index (χ2v) is 4.21. The maximum absolute atomic E-state index is 11.8. The lowest BCUT2D eigenvalue weighted by molar-refractivity contribution is -0.0855. The van der Waals surface area contributed by atoms with Crippen molar-refractivity contribution in [1.29, 1.82) is 0 Å². The van der Waals surface area contributed by atoms with Gasteiger partial charge in [0.05, 0.1) is 6.61 Å². The van der Waals surface area contributed by atoms with Crippen LogP contribution in [0.4, 0.5) is 4.79 Å². The molecule has 96 valence electrons. The molecule has 1 aromatic rings. The van der Waals surface area contributed by atoms with Gasteiger partial charge in [0.1, 0.15) is 0 Å². The number of aliphatic hydroxyl groups is 1. The Morgan fingerprint density at radius 1 is 1.50 bits per heavy atom. The van der Waals surface area contributed by atoms with E-state index in [1.165, 1.54) is 0 Å². The van der Waals surface area contributed by atoms with Gasteiger partial charge in [0.2, 0.25) is 0 Å². The Labute approximate surface area is 106 Å². The molecule has 1 amide bonds. The summed E-state index contributed by atoms with van der Waals surface area (Å²) in [5.41, 5.74) is -0.134. The van der Waals surface area contributed by atoms with E-state index in [4.69, 9.17) is 4.74 Å². The van der Waals surface area contributed by atoms with Gasteiger partial charge in [-0.05, 0) is 13.8 Å². The molecule has 0 aromatic heterocycles. The first-order valence-corrected chi connectivity index (χ1v) is 5.87. The average molecular weight is 248 g/mol. The van der Waals surface area contributed by atoms with Crippen molar-refractivity contribution in [3.63, 3.8) is 0 Å². The summed E-state index contributed by atoms with van der Waals surface area (Å²) in [5.74, 6) is 0. The van der Waals surface area contributed by atoms with Crippen LogP contribution in [0.5, 0.6) is 0 Å². The van der Waals surface area contributed by atoms with Crippen LogP contribution in [0, 0.1) is 0 Å². The lowest BCUT2D eigenvalue weighted by atomic mass is 9.98. The monoisotopic (exact) mass is 248 g/mol. The molecular weight excluding hydrogens is 232 g/mol. The van der Waals surface area contributed by atoms with E-state index in [9.17, 15) is 9.90 Å². The highest BCUT2D eigenvalue weighted by Gasteiger charge is 2.45. The number of nitrogens with zero attached hydrogens (tertiary/aromatic N) is 2. The first-order valence-electron chi connectivity index (χ1n) is 5.87. The molecule has 18 heavy (non-hydrogen) atoms. The maximum Gasteiger partial charge on any atom is 0.433 e. The van der Waals surface area contributed by atoms with Gasteiger partial charge in [-0.2, -0.15) is 10.1 Å². The lowest BCUT2D eigenvalue weighted by Crippen LogP contribution is -2.43. The normalized spacial score (nSPS) is 22.8. The first kappa shape index (κ1) is 12.6. The highest BCUT2D eigenvalue weighted by molar-refractivity contribution is 5.87. The number of ether oxygens (including phenoxy) is 1. The van der Waals surface area contributed by atoms with Gasteiger partial charge in [0.25, 0.3) is 0 Å². The van der Waals surface area contributed by atoms with Crippen LogP contribution in [-0.4, -0.2) is 28.5 Å². The third-order valence-corrected chi connectivity index (χ3v) is 2.80. The van der Waals surface area contributed by atoms with Crippen molar-refractivity contribution in [2.45, 2.75) is 26.0 Å². The van der Waals surface area contributed by atoms with Crippen molar-refractivity contribution in [3.8, 4) is 0 Å². The number of hydrogen-bond acceptors (Lipinski definition) is 4. The topological polar surface area (TPSA) is 62.1 Å². The van der Waals surface area contributed by atoms with Gasteiger partial charge in [0.15, 0.2) is 5.72 Å². The molecule has 1 aliphatic heterocycles. The van der Waals surface area contributed by atoms with E-state index in [1.54, 1.807) is 26.0 Å². The largest absolute Gasteiger partial charge is 0.448 e. The van der Waals surface area contributed by atoms with Crippen molar-refractivity contribution in [2.75, 3.05) is 6.61 Å². The van der Waals surface area contributed by atoms with E-state index in [2.05, 4.69) is 5.10 Å². The van der Waals surface area contributed by atoms with Crippen LogP contribution in [0.25, 0.3) is 0 Å². The van der Waals surface area contributed by atoms with Crippen molar-refractivity contribution in [2.24, 2.45) is 5.10 Å². The summed E-state index contributed by atoms with van der Waals surface area (Å²) in [6.45, 7) is 3.73. The predicted octanol–water partition coefficient (Wildman–Crippen LogP) is 2.07. The Morgan fingerprint density at radius 3 is 2.78 bits per heavy atom. The minimum Gasteiger partial charge on any atom is -0.448 e. The Kier molecular flexibility index (Phi) is 3.34. The molecule has 1 aromatic carbocycles. The maximum atomic E-state index is 11.8. The molecule has 0 radical (unpaired) electrons. The molecule has 0 aliphatic carbocycles. The molecule has 0 bridgehead atoms. The fraction of sp³-hybridized carbons (Fsp3) is 0.385. The van der Waals surface area contributed by atoms with Crippen LogP contribution in [0.3, 0.4) is 0 Å². The molecule has 0 unspecified atom stereocenters. The third kappa shape index (κ3) is 2.09. The number of benzene rings is 1. The average Bonchev–Trinajstić information content (AvgIpc) is 2.68. The van der Waals surface area contributed by atoms with E-state index in [1.807, 2.05) is 18.2 Å². The van der Waals surface area contributed by atoms with E-state index in [-0.39, 0.29) is 13.0 Å². The van der Waals surface area contributed by atoms with Gasteiger partial charge in [-0.15, -0.1) is 0 Å². The SMILES string of the molecule is CCOC(=O)N1N=C(C)C[C@]1(O)c1ccccc1. The molecule has 1 atom stereocenters. The fourth-order valence-corrected chi connectivity index (χ4v) is 2.03. The first-order chi connectivity index (χ1) is 8.58. The van der Waals surface area contributed by atoms with Gasteiger partial charge < -0.3 is 9.84 Å². The number of carbonyl (C=O) groups is 1. The highest BCUT2D eigenvalue weighted by atomic mass is 16.6. The quantitative estimate of drug-likeness (QED) is 0.871. The van der Waals surface area contributed by atoms with E-state index >= 15 is 0 Å². The van der Waals surface area contributed by atoms with Crippen LogP contribution in [-0.2, 0) is 10.5 Å². The zero-order valence-corrected chi connectivity index (χ0v) is 10.5. The molecule has 5 nitrogen and oxygen atoms in total. The van der Waals surface area contributed by atoms with Crippen LogP contribution < -0.4 is 0 Å². The van der Waals surface area contributed by atoms with Crippen molar-refractivity contribution >= 4 is 11.8 Å². The van der Waals surface area contributed by atoms with E-state index in [0.29, 0.717) is 11.3 Å². The Bertz CT molecular complexity index is 472. The Hall–Kier alpha value is -1.88. The lowest BCUT2D eigenvalue weighted by Gasteiger charge is -2.30. The second kappa shape index (κ2) is 4.78. The second-order valence-electron chi connectivity index (χ2n) is 4.21. The van der Waals surface area contributed by atoms with Gasteiger partial charge >= 0.3 is 6.09 Å². The molecule has 1 N–H and O–H groups in total. The van der Waals surface area contributed by atoms with Crippen molar-refractivity contribution in [1.82, 2.24) is 5.01 Å². The van der Waals surface area contributed by atoms with Crippen LogP contribution in [0.2, 0.25) is 0 Å². The fourth-order valence-electron chi connectivity index (χ4n) is 2.03. The van der Waals surface area contributed by atoms with Crippen LogP contribution >= 0.6 is 0 Å². The van der Waals surface area contributed by atoms with E-state index < -0.39 is 11.8 Å².